The van der Waals surface area contributed by atoms with Crippen LogP contribution in [-0.4, -0.2) is 23.4 Å². The van der Waals surface area contributed by atoms with E-state index in [1.54, 1.807) is 11.3 Å². The summed E-state index contributed by atoms with van der Waals surface area (Å²) in [6.07, 6.45) is 0. The van der Waals surface area contributed by atoms with Gasteiger partial charge in [0.2, 0.25) is 12.7 Å². The van der Waals surface area contributed by atoms with E-state index in [0.29, 0.717) is 28.6 Å². The van der Waals surface area contributed by atoms with Gasteiger partial charge in [0.1, 0.15) is 11.1 Å². The lowest BCUT2D eigenvalue weighted by atomic mass is 10.0. The lowest BCUT2D eigenvalue weighted by Gasteiger charge is -2.12. The second kappa shape index (κ2) is 10.00. The second-order valence-electron chi connectivity index (χ2n) is 7.44. The number of carbonyl (C=O) groups excluding carboxylic acids is 1. The van der Waals surface area contributed by atoms with Gasteiger partial charge < -0.3 is 14.8 Å². The van der Waals surface area contributed by atoms with Gasteiger partial charge in [0, 0.05) is 22.5 Å². The van der Waals surface area contributed by atoms with Gasteiger partial charge in [0.25, 0.3) is 0 Å². The molecule has 3 heterocycles. The van der Waals surface area contributed by atoms with Crippen LogP contribution >= 0.6 is 23.1 Å². The van der Waals surface area contributed by atoms with E-state index in [1.807, 2.05) is 72.1 Å². The van der Waals surface area contributed by atoms with Gasteiger partial charge in [0.05, 0.1) is 17.0 Å². The summed E-state index contributed by atoms with van der Waals surface area (Å²) in [5.41, 5.74) is 3.96. The average molecular weight is 486 g/mol. The highest BCUT2D eigenvalue weighted by molar-refractivity contribution is 8.00. The number of hydrogen-bond acceptors (Lipinski definition) is 7. The molecule has 6 nitrogen and oxygen atoms in total. The van der Waals surface area contributed by atoms with Gasteiger partial charge >= 0.3 is 0 Å². The van der Waals surface area contributed by atoms with Crippen molar-refractivity contribution < 1.29 is 14.3 Å². The lowest BCUT2D eigenvalue weighted by molar-refractivity contribution is -0.118. The fraction of sp³-hybridized carbons (Fsp3) is 0.115. The van der Waals surface area contributed by atoms with Gasteiger partial charge in [-0.1, -0.05) is 54.2 Å². The van der Waals surface area contributed by atoms with Crippen molar-refractivity contribution in [3.63, 3.8) is 0 Å². The van der Waals surface area contributed by atoms with E-state index in [1.165, 1.54) is 11.8 Å². The van der Waals surface area contributed by atoms with Gasteiger partial charge in [-0.25, -0.2) is 4.98 Å². The molecule has 0 atom stereocenters. The van der Waals surface area contributed by atoms with Crippen molar-refractivity contribution in [3.8, 4) is 39.3 Å². The van der Waals surface area contributed by atoms with Crippen molar-refractivity contribution in [1.82, 2.24) is 10.3 Å². The number of nitriles is 1. The van der Waals surface area contributed by atoms with Crippen LogP contribution in [0.4, 0.5) is 0 Å². The Balaban J connectivity index is 1.34. The fourth-order valence-electron chi connectivity index (χ4n) is 3.55. The second-order valence-corrected chi connectivity index (χ2v) is 9.36. The average Bonchev–Trinajstić information content (AvgIpc) is 3.58. The third kappa shape index (κ3) is 4.76. The first-order chi connectivity index (χ1) is 16.7. The highest BCUT2D eigenvalue weighted by atomic mass is 32.2. The summed E-state index contributed by atoms with van der Waals surface area (Å²) in [5, 5.41) is 15.4. The fourth-order valence-corrected chi connectivity index (χ4v) is 5.14. The Morgan fingerprint density at radius 1 is 1.09 bits per heavy atom. The summed E-state index contributed by atoms with van der Waals surface area (Å²) in [7, 11) is 0. The van der Waals surface area contributed by atoms with Crippen LogP contribution in [0.2, 0.25) is 0 Å². The van der Waals surface area contributed by atoms with Crippen molar-refractivity contribution in [2.75, 3.05) is 12.5 Å². The summed E-state index contributed by atoms with van der Waals surface area (Å²) >= 11 is 2.84. The topological polar surface area (TPSA) is 84.2 Å². The van der Waals surface area contributed by atoms with Crippen LogP contribution in [0.1, 0.15) is 11.1 Å². The number of thioether (sulfide) groups is 1. The normalized spacial score (nSPS) is 11.7. The zero-order chi connectivity index (χ0) is 23.3. The van der Waals surface area contributed by atoms with E-state index in [9.17, 15) is 10.1 Å². The Labute approximate surface area is 205 Å². The number of thiophene rings is 1. The maximum atomic E-state index is 12.6. The van der Waals surface area contributed by atoms with E-state index in [-0.39, 0.29) is 18.5 Å². The van der Waals surface area contributed by atoms with E-state index in [0.717, 1.165) is 27.3 Å². The number of pyridine rings is 1. The summed E-state index contributed by atoms with van der Waals surface area (Å²) in [6.45, 7) is 0.588. The molecule has 0 unspecified atom stereocenters. The summed E-state index contributed by atoms with van der Waals surface area (Å²) < 4.78 is 10.7. The van der Waals surface area contributed by atoms with Crippen LogP contribution in [0.3, 0.4) is 0 Å². The summed E-state index contributed by atoms with van der Waals surface area (Å²) in [6, 6.07) is 23.6. The number of fused-ring (bicyclic) bond motifs is 1. The molecule has 1 aliphatic heterocycles. The molecule has 0 radical (unpaired) electrons. The predicted octanol–water partition coefficient (Wildman–Crippen LogP) is 5.49. The predicted molar refractivity (Wildman–Crippen MR) is 133 cm³/mol. The zero-order valence-electron chi connectivity index (χ0n) is 18.0. The molecule has 0 spiro atoms. The molecule has 5 rings (SSSR count). The zero-order valence-corrected chi connectivity index (χ0v) is 19.6. The molecule has 8 heteroatoms. The highest BCUT2D eigenvalue weighted by Crippen LogP contribution is 2.36. The molecule has 168 valence electrons. The van der Waals surface area contributed by atoms with Gasteiger partial charge in [-0.3, -0.25) is 4.79 Å². The lowest BCUT2D eigenvalue weighted by Crippen LogP contribution is -2.24. The van der Waals surface area contributed by atoms with E-state index < -0.39 is 0 Å². The minimum absolute atomic E-state index is 0.142. The number of benzene rings is 2. The molecule has 4 aromatic rings. The Morgan fingerprint density at radius 3 is 2.74 bits per heavy atom. The molecule has 1 amide bonds. The van der Waals surface area contributed by atoms with Crippen LogP contribution < -0.4 is 14.8 Å². The SMILES string of the molecule is N#Cc1c(-c2cccs2)cc(-c2ccccc2)nc1SCC(=O)NCc1ccc2c(c1)OCO2. The monoisotopic (exact) mass is 485 g/mol. The van der Waals surface area contributed by atoms with Gasteiger partial charge in [0.15, 0.2) is 11.5 Å². The summed E-state index contributed by atoms with van der Waals surface area (Å²) in [4.78, 5) is 18.3. The number of carbonyl (C=O) groups is 1. The Hall–Kier alpha value is -3.80. The standard InChI is InChI=1S/C26H19N3O3S2/c27-13-20-19(24-7-4-10-33-24)12-21(18-5-2-1-3-6-18)29-26(20)34-15-25(30)28-14-17-8-9-22-23(11-17)32-16-31-22/h1-12H,14-16H2,(H,28,30). The van der Waals surface area contributed by atoms with Gasteiger partial charge in [-0.05, 0) is 35.2 Å². The van der Waals surface area contributed by atoms with Crippen molar-refractivity contribution >= 4 is 29.0 Å². The van der Waals surface area contributed by atoms with Crippen LogP contribution in [0.25, 0.3) is 21.7 Å². The molecule has 1 N–H and O–H groups in total. The first-order valence-corrected chi connectivity index (χ1v) is 12.4. The van der Waals surface area contributed by atoms with Crippen LogP contribution in [-0.2, 0) is 11.3 Å². The molecule has 34 heavy (non-hydrogen) atoms. The largest absolute Gasteiger partial charge is 0.454 e. The summed E-state index contributed by atoms with van der Waals surface area (Å²) in [5.74, 6) is 1.40. The third-order valence-corrected chi connectivity index (χ3v) is 7.10. The molecule has 0 saturated carbocycles. The number of aromatic nitrogens is 1. The number of nitrogens with one attached hydrogen (secondary N) is 1. The molecule has 0 aliphatic carbocycles. The van der Waals surface area contributed by atoms with Crippen molar-refractivity contribution in [2.45, 2.75) is 11.6 Å². The highest BCUT2D eigenvalue weighted by Gasteiger charge is 2.18. The first-order valence-electron chi connectivity index (χ1n) is 10.5. The first kappa shape index (κ1) is 22.0. The quantitative estimate of drug-likeness (QED) is 0.349. The number of nitrogens with zero attached hydrogens (tertiary/aromatic N) is 2. The Bertz CT molecular complexity index is 1370. The molecule has 1 aliphatic rings. The van der Waals surface area contributed by atoms with Crippen LogP contribution in [0, 0.1) is 11.3 Å². The Kier molecular flexibility index (Phi) is 6.47. The maximum absolute atomic E-state index is 12.6. The molecule has 0 fully saturated rings. The third-order valence-electron chi connectivity index (χ3n) is 5.22. The van der Waals surface area contributed by atoms with Gasteiger partial charge in [-0.15, -0.1) is 11.3 Å². The van der Waals surface area contributed by atoms with E-state index in [2.05, 4.69) is 11.4 Å². The molecule has 0 bridgehead atoms. The minimum atomic E-state index is -0.142. The van der Waals surface area contributed by atoms with Gasteiger partial charge in [-0.2, -0.15) is 5.26 Å². The van der Waals surface area contributed by atoms with Crippen molar-refractivity contribution in [3.05, 3.63) is 83.2 Å². The molecule has 2 aromatic heterocycles. The molecule has 2 aromatic carbocycles. The smallest absolute Gasteiger partial charge is 0.231 e. The number of ether oxygens (including phenoxy) is 2. The maximum Gasteiger partial charge on any atom is 0.231 e. The van der Waals surface area contributed by atoms with Crippen molar-refractivity contribution in [1.29, 1.82) is 5.26 Å². The van der Waals surface area contributed by atoms with Crippen LogP contribution in [0.15, 0.2) is 77.1 Å². The molecular weight excluding hydrogens is 466 g/mol. The Morgan fingerprint density at radius 2 is 1.94 bits per heavy atom. The number of hydrogen-bond donors (Lipinski definition) is 1. The van der Waals surface area contributed by atoms with Crippen LogP contribution in [0.5, 0.6) is 11.5 Å². The van der Waals surface area contributed by atoms with E-state index in [4.69, 9.17) is 14.5 Å². The molecular formula is C26H19N3O3S2. The minimum Gasteiger partial charge on any atom is -0.454 e. The van der Waals surface area contributed by atoms with Crippen molar-refractivity contribution in [2.24, 2.45) is 0 Å². The van der Waals surface area contributed by atoms with E-state index >= 15 is 0 Å². The molecule has 0 saturated heterocycles. The number of amides is 1. The number of rotatable bonds is 7.